The first-order valence-corrected chi connectivity index (χ1v) is 4.64. The molecule has 4 heteroatoms. The Bertz CT molecular complexity index is 343. The molecule has 0 atom stereocenters. The summed E-state index contributed by atoms with van der Waals surface area (Å²) in [6, 6.07) is 5.61. The molecule has 0 spiro atoms. The summed E-state index contributed by atoms with van der Waals surface area (Å²) < 4.78 is 11.4. The van der Waals surface area contributed by atoms with Crippen LogP contribution in [0.3, 0.4) is 0 Å². The summed E-state index contributed by atoms with van der Waals surface area (Å²) in [5, 5.41) is 0. The van der Waals surface area contributed by atoms with E-state index >= 15 is 0 Å². The van der Waals surface area contributed by atoms with E-state index in [0.717, 1.165) is 10.3 Å². The maximum Gasteiger partial charge on any atom is 0.290 e. The topological polar surface area (TPSA) is 31.4 Å². The highest BCUT2D eigenvalue weighted by Crippen LogP contribution is 2.30. The minimum Gasteiger partial charge on any atom is -0.452 e. The largest absolute Gasteiger partial charge is 0.452 e. The summed E-state index contributed by atoms with van der Waals surface area (Å²) in [4.78, 5) is 4.25. The first-order chi connectivity index (χ1) is 6.21. The number of nitrogens with zero attached hydrogens (tertiary/aromatic N) is 1. The van der Waals surface area contributed by atoms with Gasteiger partial charge in [0.25, 0.3) is 5.79 Å². The molecule has 13 heavy (non-hydrogen) atoms. The lowest BCUT2D eigenvalue weighted by atomic mass is 10.2. The van der Waals surface area contributed by atoms with Crippen LogP contribution in [0.4, 0.5) is 0 Å². The van der Waals surface area contributed by atoms with Gasteiger partial charge in [-0.05, 0) is 28.1 Å². The van der Waals surface area contributed by atoms with Gasteiger partial charge in [-0.3, -0.25) is 0 Å². The van der Waals surface area contributed by atoms with Crippen molar-refractivity contribution in [3.05, 3.63) is 41.0 Å². The van der Waals surface area contributed by atoms with E-state index in [1.165, 1.54) is 12.5 Å². The second-order valence-electron chi connectivity index (χ2n) is 2.80. The maximum absolute atomic E-state index is 5.30. The lowest BCUT2D eigenvalue weighted by molar-refractivity contribution is -0.136. The standard InChI is InChI=1S/C9H8BrNO2/c1-9(12-5-6-13-9)7-3-2-4-8(10)11-7/h2-6H,1H3. The monoisotopic (exact) mass is 241 g/mol. The second-order valence-corrected chi connectivity index (χ2v) is 3.61. The quantitative estimate of drug-likeness (QED) is 0.709. The second kappa shape index (κ2) is 3.03. The number of hydrogen-bond acceptors (Lipinski definition) is 3. The Balaban J connectivity index is 2.35. The van der Waals surface area contributed by atoms with Gasteiger partial charge in [-0.15, -0.1) is 0 Å². The normalized spacial score (nSPS) is 18.0. The van der Waals surface area contributed by atoms with Gasteiger partial charge in [-0.2, -0.15) is 0 Å². The SMILES string of the molecule is CC1(c2cccc(Br)n2)OC=CO1. The molecule has 1 aliphatic heterocycles. The molecule has 0 saturated carbocycles. The van der Waals surface area contributed by atoms with E-state index in [9.17, 15) is 0 Å². The van der Waals surface area contributed by atoms with Crippen molar-refractivity contribution in [3.63, 3.8) is 0 Å². The number of hydrogen-bond donors (Lipinski definition) is 0. The van der Waals surface area contributed by atoms with Gasteiger partial charge < -0.3 is 9.47 Å². The molecule has 0 aromatic carbocycles. The van der Waals surface area contributed by atoms with Crippen molar-refractivity contribution >= 4 is 15.9 Å². The average molecular weight is 242 g/mol. The van der Waals surface area contributed by atoms with E-state index in [4.69, 9.17) is 9.47 Å². The molecule has 1 aromatic heterocycles. The van der Waals surface area contributed by atoms with Crippen LogP contribution < -0.4 is 0 Å². The molecule has 0 saturated heterocycles. The van der Waals surface area contributed by atoms with Crippen LogP contribution in [0.15, 0.2) is 35.3 Å². The Hall–Kier alpha value is -1.03. The zero-order chi connectivity index (χ0) is 9.31. The van der Waals surface area contributed by atoms with Crippen molar-refractivity contribution in [3.8, 4) is 0 Å². The van der Waals surface area contributed by atoms with Crippen molar-refractivity contribution in [1.29, 1.82) is 0 Å². The lowest BCUT2D eigenvalue weighted by Crippen LogP contribution is -2.23. The van der Waals surface area contributed by atoms with Gasteiger partial charge in [-0.25, -0.2) is 4.98 Å². The van der Waals surface area contributed by atoms with E-state index < -0.39 is 5.79 Å². The third-order valence-electron chi connectivity index (χ3n) is 1.82. The molecule has 2 heterocycles. The minimum atomic E-state index is -0.774. The highest BCUT2D eigenvalue weighted by atomic mass is 79.9. The van der Waals surface area contributed by atoms with E-state index in [1.807, 2.05) is 25.1 Å². The first-order valence-electron chi connectivity index (χ1n) is 3.84. The predicted octanol–water partition coefficient (Wildman–Crippen LogP) is 2.53. The van der Waals surface area contributed by atoms with Crippen LogP contribution in [-0.2, 0) is 15.3 Å². The van der Waals surface area contributed by atoms with Gasteiger partial charge in [0.05, 0.1) is 0 Å². The fraction of sp³-hybridized carbons (Fsp3) is 0.222. The molecule has 0 fully saturated rings. The van der Waals surface area contributed by atoms with Crippen LogP contribution in [0, 0.1) is 0 Å². The van der Waals surface area contributed by atoms with Crippen LogP contribution in [0.2, 0.25) is 0 Å². The highest BCUT2D eigenvalue weighted by molar-refractivity contribution is 9.10. The van der Waals surface area contributed by atoms with E-state index in [-0.39, 0.29) is 0 Å². The van der Waals surface area contributed by atoms with Crippen LogP contribution in [-0.4, -0.2) is 4.98 Å². The maximum atomic E-state index is 5.30. The number of aromatic nitrogens is 1. The van der Waals surface area contributed by atoms with E-state index in [1.54, 1.807) is 0 Å². The smallest absolute Gasteiger partial charge is 0.290 e. The molecule has 0 bridgehead atoms. The predicted molar refractivity (Wildman–Crippen MR) is 50.6 cm³/mol. The number of pyridine rings is 1. The molecule has 0 unspecified atom stereocenters. The van der Waals surface area contributed by atoms with Crippen LogP contribution in [0.25, 0.3) is 0 Å². The third kappa shape index (κ3) is 1.54. The molecule has 0 aliphatic carbocycles. The Morgan fingerprint density at radius 1 is 1.31 bits per heavy atom. The summed E-state index contributed by atoms with van der Waals surface area (Å²) in [6.45, 7) is 1.82. The summed E-state index contributed by atoms with van der Waals surface area (Å²) in [6.07, 6.45) is 3.03. The number of ether oxygens (including phenoxy) is 2. The summed E-state index contributed by atoms with van der Waals surface area (Å²) in [5.41, 5.74) is 0.742. The summed E-state index contributed by atoms with van der Waals surface area (Å²) in [5.74, 6) is -0.774. The molecule has 68 valence electrons. The molecule has 1 aliphatic rings. The van der Waals surface area contributed by atoms with E-state index in [0.29, 0.717) is 0 Å². The Labute approximate surface area is 84.5 Å². The van der Waals surface area contributed by atoms with Gasteiger partial charge in [0.1, 0.15) is 22.8 Å². The minimum absolute atomic E-state index is 0.742. The van der Waals surface area contributed by atoms with Crippen LogP contribution in [0.1, 0.15) is 12.6 Å². The van der Waals surface area contributed by atoms with Crippen LogP contribution in [0.5, 0.6) is 0 Å². The van der Waals surface area contributed by atoms with E-state index in [2.05, 4.69) is 20.9 Å². The van der Waals surface area contributed by atoms with Gasteiger partial charge >= 0.3 is 0 Å². The van der Waals surface area contributed by atoms with Crippen molar-refractivity contribution in [2.75, 3.05) is 0 Å². The van der Waals surface area contributed by atoms with Gasteiger partial charge in [-0.1, -0.05) is 6.07 Å². The molecular weight excluding hydrogens is 234 g/mol. The van der Waals surface area contributed by atoms with Crippen LogP contribution >= 0.6 is 15.9 Å². The fourth-order valence-corrected chi connectivity index (χ4v) is 1.47. The lowest BCUT2D eigenvalue weighted by Gasteiger charge is -2.21. The molecule has 3 nitrogen and oxygen atoms in total. The molecule has 0 N–H and O–H groups in total. The Morgan fingerprint density at radius 3 is 2.62 bits per heavy atom. The molecular formula is C9H8BrNO2. The highest BCUT2D eigenvalue weighted by Gasteiger charge is 2.33. The number of rotatable bonds is 1. The Morgan fingerprint density at radius 2 is 2.00 bits per heavy atom. The van der Waals surface area contributed by atoms with Gasteiger partial charge in [0.15, 0.2) is 0 Å². The molecule has 0 radical (unpaired) electrons. The number of halogens is 1. The van der Waals surface area contributed by atoms with Crippen molar-refractivity contribution in [2.45, 2.75) is 12.7 Å². The van der Waals surface area contributed by atoms with Crippen molar-refractivity contribution < 1.29 is 9.47 Å². The third-order valence-corrected chi connectivity index (χ3v) is 2.26. The molecule has 0 amide bonds. The molecule has 2 rings (SSSR count). The summed E-state index contributed by atoms with van der Waals surface area (Å²) >= 11 is 3.29. The average Bonchev–Trinajstić information content (AvgIpc) is 2.54. The first kappa shape index (κ1) is 8.56. The fourth-order valence-electron chi connectivity index (χ4n) is 1.12. The Kier molecular flexibility index (Phi) is 2.00. The van der Waals surface area contributed by atoms with Crippen molar-refractivity contribution in [1.82, 2.24) is 4.98 Å². The van der Waals surface area contributed by atoms with Crippen molar-refractivity contribution in [2.24, 2.45) is 0 Å². The van der Waals surface area contributed by atoms with Gasteiger partial charge in [0, 0.05) is 6.92 Å². The zero-order valence-electron chi connectivity index (χ0n) is 7.03. The summed E-state index contributed by atoms with van der Waals surface area (Å²) in [7, 11) is 0. The molecule has 1 aromatic rings. The zero-order valence-corrected chi connectivity index (χ0v) is 8.61. The van der Waals surface area contributed by atoms with Gasteiger partial charge in [0.2, 0.25) is 0 Å².